The molecule has 1 aliphatic heterocycles. The number of hydrogen-bond acceptors (Lipinski definition) is 5. The highest BCUT2D eigenvalue weighted by molar-refractivity contribution is 6.04. The molecule has 33 heavy (non-hydrogen) atoms. The molecule has 1 saturated heterocycles. The van der Waals surface area contributed by atoms with Crippen LogP contribution in [0.3, 0.4) is 0 Å². The largest absolute Gasteiger partial charge is 0.379 e. The van der Waals surface area contributed by atoms with E-state index in [1.165, 1.54) is 10.2 Å². The van der Waals surface area contributed by atoms with Crippen molar-refractivity contribution in [1.82, 2.24) is 20.0 Å². The summed E-state index contributed by atoms with van der Waals surface area (Å²) in [6.45, 7) is 10.3. The number of ether oxygens (including phenoxy) is 1. The third kappa shape index (κ3) is 5.49. The zero-order valence-corrected chi connectivity index (χ0v) is 19.6. The summed E-state index contributed by atoms with van der Waals surface area (Å²) in [5, 5.41) is 8.81. The Labute approximate surface area is 194 Å². The topological polar surface area (TPSA) is 76.5 Å². The number of rotatable bonds is 7. The molecule has 0 aliphatic carbocycles. The van der Waals surface area contributed by atoms with Crippen LogP contribution in [0.1, 0.15) is 41.5 Å². The molecule has 174 valence electrons. The van der Waals surface area contributed by atoms with Crippen LogP contribution in [0.4, 0.5) is 0 Å². The lowest BCUT2D eigenvalue weighted by Gasteiger charge is -2.31. The smallest absolute Gasteiger partial charge is 0.274 e. The number of carbonyl (C=O) groups excluding carboxylic acids is 1. The lowest BCUT2D eigenvalue weighted by Crippen LogP contribution is -2.43. The van der Waals surface area contributed by atoms with Gasteiger partial charge >= 0.3 is 0 Å². The number of amides is 1. The minimum Gasteiger partial charge on any atom is -0.379 e. The minimum absolute atomic E-state index is 0.167. The molecule has 1 atom stereocenters. The fraction of sp³-hybridized carbons (Fsp3) is 0.423. The summed E-state index contributed by atoms with van der Waals surface area (Å²) in [4.78, 5) is 28.8. The first-order valence-electron chi connectivity index (χ1n) is 11.6. The maximum Gasteiger partial charge on any atom is 0.274 e. The molecule has 1 aliphatic rings. The standard InChI is InChI=1S/C26H32N4O3/c1-18(2)16-30-26(32)22-7-5-4-6-21(22)24(28-30)25(31)27-23(17-29-12-14-33-15-13-29)20-10-8-19(3)9-11-20/h4-11,18,23H,12-17H2,1-3H3,(H,27,31). The maximum atomic E-state index is 13.6. The summed E-state index contributed by atoms with van der Waals surface area (Å²) < 4.78 is 6.91. The second-order valence-electron chi connectivity index (χ2n) is 9.13. The van der Waals surface area contributed by atoms with Gasteiger partial charge in [-0.2, -0.15) is 5.10 Å². The van der Waals surface area contributed by atoms with Gasteiger partial charge < -0.3 is 10.1 Å². The summed E-state index contributed by atoms with van der Waals surface area (Å²) >= 11 is 0. The molecule has 2 heterocycles. The molecule has 1 fully saturated rings. The summed E-state index contributed by atoms with van der Waals surface area (Å²) in [5.74, 6) is -0.0450. The molecule has 1 unspecified atom stereocenters. The van der Waals surface area contributed by atoms with Crippen LogP contribution in [0.5, 0.6) is 0 Å². The lowest BCUT2D eigenvalue weighted by molar-refractivity contribution is 0.0332. The number of fused-ring (bicyclic) bond motifs is 1. The van der Waals surface area contributed by atoms with Gasteiger partial charge in [0.2, 0.25) is 0 Å². The van der Waals surface area contributed by atoms with Gasteiger partial charge in [0.05, 0.1) is 24.6 Å². The van der Waals surface area contributed by atoms with E-state index in [-0.39, 0.29) is 29.1 Å². The SMILES string of the molecule is Cc1ccc(C(CN2CCOCC2)NC(=O)c2nn(CC(C)C)c(=O)c3ccccc23)cc1. The van der Waals surface area contributed by atoms with Crippen molar-refractivity contribution in [1.29, 1.82) is 0 Å². The predicted molar refractivity (Wildman–Crippen MR) is 129 cm³/mol. The van der Waals surface area contributed by atoms with Crippen LogP contribution in [0.25, 0.3) is 10.8 Å². The van der Waals surface area contributed by atoms with Gasteiger partial charge in [0, 0.05) is 31.6 Å². The van der Waals surface area contributed by atoms with Crippen molar-refractivity contribution in [3.63, 3.8) is 0 Å². The molecule has 1 amide bonds. The van der Waals surface area contributed by atoms with E-state index in [4.69, 9.17) is 4.74 Å². The molecule has 1 N–H and O–H groups in total. The van der Waals surface area contributed by atoms with Crippen molar-refractivity contribution in [2.24, 2.45) is 5.92 Å². The first kappa shape index (κ1) is 23.1. The highest BCUT2D eigenvalue weighted by Crippen LogP contribution is 2.19. The Balaban J connectivity index is 1.69. The van der Waals surface area contributed by atoms with Gasteiger partial charge in [-0.1, -0.05) is 61.9 Å². The maximum absolute atomic E-state index is 13.6. The second-order valence-corrected chi connectivity index (χ2v) is 9.13. The van der Waals surface area contributed by atoms with Gasteiger partial charge in [0.15, 0.2) is 5.69 Å². The van der Waals surface area contributed by atoms with Gasteiger partial charge in [-0.15, -0.1) is 0 Å². The van der Waals surface area contributed by atoms with E-state index < -0.39 is 0 Å². The summed E-state index contributed by atoms with van der Waals surface area (Å²) in [6, 6.07) is 15.2. The van der Waals surface area contributed by atoms with Crippen molar-refractivity contribution in [3.05, 3.63) is 75.7 Å². The monoisotopic (exact) mass is 448 g/mol. The number of nitrogens with zero attached hydrogens (tertiary/aromatic N) is 3. The molecule has 0 saturated carbocycles. The van der Waals surface area contributed by atoms with E-state index in [0.717, 1.165) is 18.7 Å². The molecule has 7 heteroatoms. The first-order chi connectivity index (χ1) is 15.9. The predicted octanol–water partition coefficient (Wildman–Crippen LogP) is 3.16. The van der Waals surface area contributed by atoms with E-state index >= 15 is 0 Å². The van der Waals surface area contributed by atoms with Gasteiger partial charge in [0.25, 0.3) is 11.5 Å². The quantitative estimate of drug-likeness (QED) is 0.601. The van der Waals surface area contributed by atoms with Crippen molar-refractivity contribution >= 4 is 16.7 Å². The molecule has 1 aromatic heterocycles. The Bertz CT molecular complexity index is 1160. The van der Waals surface area contributed by atoms with Crippen LogP contribution in [-0.4, -0.2) is 53.4 Å². The first-order valence-corrected chi connectivity index (χ1v) is 11.6. The average Bonchev–Trinajstić information content (AvgIpc) is 2.81. The third-order valence-electron chi connectivity index (χ3n) is 5.95. The second kappa shape index (κ2) is 10.3. The summed E-state index contributed by atoms with van der Waals surface area (Å²) in [5.41, 5.74) is 2.33. The molecule has 0 radical (unpaired) electrons. The Morgan fingerprint density at radius 3 is 2.36 bits per heavy atom. The molecular weight excluding hydrogens is 416 g/mol. The number of carbonyl (C=O) groups is 1. The normalized spacial score (nSPS) is 15.6. The molecular formula is C26H32N4O3. The van der Waals surface area contributed by atoms with Gasteiger partial charge in [-0.25, -0.2) is 4.68 Å². The van der Waals surface area contributed by atoms with E-state index in [9.17, 15) is 9.59 Å². The zero-order valence-electron chi connectivity index (χ0n) is 19.6. The lowest BCUT2D eigenvalue weighted by atomic mass is 10.0. The number of aryl methyl sites for hydroxylation is 1. The van der Waals surface area contributed by atoms with Crippen LogP contribution in [-0.2, 0) is 11.3 Å². The Morgan fingerprint density at radius 1 is 1.03 bits per heavy atom. The van der Waals surface area contributed by atoms with Crippen molar-refractivity contribution in [2.75, 3.05) is 32.8 Å². The Kier molecular flexibility index (Phi) is 7.20. The van der Waals surface area contributed by atoms with E-state index in [1.807, 2.05) is 32.9 Å². The van der Waals surface area contributed by atoms with E-state index in [2.05, 4.69) is 39.6 Å². The zero-order chi connectivity index (χ0) is 23.4. The number of hydrogen-bond donors (Lipinski definition) is 1. The third-order valence-corrected chi connectivity index (χ3v) is 5.95. The van der Waals surface area contributed by atoms with Gasteiger partial charge in [-0.3, -0.25) is 14.5 Å². The van der Waals surface area contributed by atoms with Crippen LogP contribution in [0, 0.1) is 12.8 Å². The van der Waals surface area contributed by atoms with E-state index in [1.54, 1.807) is 12.1 Å². The molecule has 0 bridgehead atoms. The highest BCUT2D eigenvalue weighted by Gasteiger charge is 2.23. The van der Waals surface area contributed by atoms with Gasteiger partial charge in [0.1, 0.15) is 0 Å². The minimum atomic E-state index is -0.275. The van der Waals surface area contributed by atoms with Crippen molar-refractivity contribution in [2.45, 2.75) is 33.4 Å². The average molecular weight is 449 g/mol. The number of morpholine rings is 1. The van der Waals surface area contributed by atoms with E-state index in [0.29, 0.717) is 37.1 Å². The number of nitrogens with one attached hydrogen (secondary N) is 1. The van der Waals surface area contributed by atoms with Crippen LogP contribution in [0.15, 0.2) is 53.3 Å². The van der Waals surface area contributed by atoms with Crippen LogP contribution in [0.2, 0.25) is 0 Å². The number of benzene rings is 2. The summed E-state index contributed by atoms with van der Waals surface area (Å²) in [7, 11) is 0. The molecule has 0 spiro atoms. The number of aromatic nitrogens is 2. The Hall–Kier alpha value is -3.03. The van der Waals surface area contributed by atoms with Crippen LogP contribution < -0.4 is 10.9 Å². The van der Waals surface area contributed by atoms with Crippen molar-refractivity contribution in [3.8, 4) is 0 Å². The Morgan fingerprint density at radius 2 is 1.70 bits per heavy atom. The van der Waals surface area contributed by atoms with Crippen molar-refractivity contribution < 1.29 is 9.53 Å². The molecule has 4 rings (SSSR count). The highest BCUT2D eigenvalue weighted by atomic mass is 16.5. The fourth-order valence-corrected chi connectivity index (χ4v) is 4.17. The molecule has 3 aromatic rings. The van der Waals surface area contributed by atoms with Gasteiger partial charge in [-0.05, 0) is 24.5 Å². The summed E-state index contributed by atoms with van der Waals surface area (Å²) in [6.07, 6.45) is 0. The van der Waals surface area contributed by atoms with Crippen LogP contribution >= 0.6 is 0 Å². The fourth-order valence-electron chi connectivity index (χ4n) is 4.17. The molecule has 7 nitrogen and oxygen atoms in total. The molecule has 2 aromatic carbocycles.